The molecule has 2 heterocycles. The summed E-state index contributed by atoms with van der Waals surface area (Å²) in [6.45, 7) is 5.37. The molecule has 24 heavy (non-hydrogen) atoms. The second-order valence-corrected chi connectivity index (χ2v) is 6.42. The topological polar surface area (TPSA) is 93.5 Å². The maximum Gasteiger partial charge on any atom is 0.262 e. The predicted octanol–water partition coefficient (Wildman–Crippen LogP) is 1.31. The summed E-state index contributed by atoms with van der Waals surface area (Å²) in [7, 11) is 0. The molecule has 0 aromatic carbocycles. The van der Waals surface area contributed by atoms with Crippen LogP contribution in [0.1, 0.15) is 35.0 Å². The molecule has 0 spiro atoms. The Balaban J connectivity index is 2.17. The number of ether oxygens (including phenoxy) is 1. The van der Waals surface area contributed by atoms with E-state index in [-0.39, 0.29) is 24.7 Å². The Kier molecular flexibility index (Phi) is 6.89. The quantitative estimate of drug-likeness (QED) is 0.663. The molecule has 132 valence electrons. The minimum absolute atomic E-state index is 0.0423. The maximum absolute atomic E-state index is 12.6. The molecule has 1 amide bonds. The van der Waals surface area contributed by atoms with E-state index in [0.717, 1.165) is 12.8 Å². The van der Waals surface area contributed by atoms with Crippen molar-refractivity contribution in [2.45, 2.75) is 33.2 Å². The van der Waals surface area contributed by atoms with Gasteiger partial charge in [0.2, 0.25) is 0 Å². The Hall–Kier alpha value is -1.77. The van der Waals surface area contributed by atoms with Crippen molar-refractivity contribution in [2.24, 2.45) is 0 Å². The highest BCUT2D eigenvalue weighted by atomic mass is 32.1. The number of hydrogen-bond donors (Lipinski definition) is 2. The summed E-state index contributed by atoms with van der Waals surface area (Å²) in [5.74, 6) is -0.234. The summed E-state index contributed by atoms with van der Waals surface area (Å²) < 4.78 is 6.71. The van der Waals surface area contributed by atoms with Crippen LogP contribution in [0.2, 0.25) is 0 Å². The second-order valence-electron chi connectivity index (χ2n) is 5.42. The van der Waals surface area contributed by atoms with Crippen molar-refractivity contribution in [3.05, 3.63) is 27.1 Å². The molecule has 0 unspecified atom stereocenters. The Morgan fingerprint density at radius 1 is 1.46 bits per heavy atom. The highest BCUT2D eigenvalue weighted by Crippen LogP contribution is 2.26. The van der Waals surface area contributed by atoms with Gasteiger partial charge in [0, 0.05) is 13.1 Å². The first kappa shape index (κ1) is 18.6. The van der Waals surface area contributed by atoms with Crippen molar-refractivity contribution in [1.82, 2.24) is 14.9 Å². The molecule has 8 heteroatoms. The number of nitrogens with one attached hydrogen (secondary N) is 1. The van der Waals surface area contributed by atoms with E-state index < -0.39 is 0 Å². The molecular weight excluding hydrogens is 330 g/mol. The first-order valence-corrected chi connectivity index (χ1v) is 8.87. The average molecular weight is 353 g/mol. The Morgan fingerprint density at radius 3 is 2.96 bits per heavy atom. The molecule has 2 aromatic rings. The number of thiophene rings is 1. The molecule has 0 atom stereocenters. The van der Waals surface area contributed by atoms with Crippen molar-refractivity contribution >= 4 is 27.5 Å². The second kappa shape index (κ2) is 8.91. The zero-order valence-corrected chi connectivity index (χ0v) is 14.8. The van der Waals surface area contributed by atoms with Crippen LogP contribution in [0.15, 0.2) is 11.1 Å². The lowest BCUT2D eigenvalue weighted by molar-refractivity contribution is 0.0840. The molecule has 0 aliphatic carbocycles. The van der Waals surface area contributed by atoms with Gasteiger partial charge in [-0.2, -0.15) is 0 Å². The van der Waals surface area contributed by atoms with Crippen LogP contribution < -0.4 is 10.9 Å². The van der Waals surface area contributed by atoms with Gasteiger partial charge >= 0.3 is 0 Å². The molecule has 0 aliphatic heterocycles. The molecule has 0 saturated carbocycles. The van der Waals surface area contributed by atoms with E-state index in [9.17, 15) is 9.59 Å². The summed E-state index contributed by atoms with van der Waals surface area (Å²) in [5, 5.41) is 11.9. The number of aliphatic hydroxyl groups is 1. The maximum atomic E-state index is 12.6. The fourth-order valence-corrected chi connectivity index (χ4v) is 3.40. The van der Waals surface area contributed by atoms with Gasteiger partial charge < -0.3 is 15.2 Å². The number of nitrogens with zero attached hydrogens (tertiary/aromatic N) is 2. The average Bonchev–Trinajstić information content (AvgIpc) is 2.91. The first-order valence-electron chi connectivity index (χ1n) is 8.05. The van der Waals surface area contributed by atoms with Crippen molar-refractivity contribution in [1.29, 1.82) is 0 Å². The van der Waals surface area contributed by atoms with Gasteiger partial charge in [0.15, 0.2) is 0 Å². The summed E-state index contributed by atoms with van der Waals surface area (Å²) in [6, 6.07) is 0. The molecule has 0 fully saturated rings. The molecule has 2 N–H and O–H groups in total. The number of carbonyl (C=O) groups excluding carboxylic acids is 1. The van der Waals surface area contributed by atoms with Crippen LogP contribution in [0.5, 0.6) is 0 Å². The van der Waals surface area contributed by atoms with Crippen molar-refractivity contribution in [3.63, 3.8) is 0 Å². The van der Waals surface area contributed by atoms with Crippen LogP contribution in [-0.4, -0.2) is 46.9 Å². The molecule has 2 rings (SSSR count). The van der Waals surface area contributed by atoms with Gasteiger partial charge in [-0.1, -0.05) is 13.3 Å². The zero-order valence-electron chi connectivity index (χ0n) is 14.0. The van der Waals surface area contributed by atoms with E-state index in [2.05, 4.69) is 17.2 Å². The van der Waals surface area contributed by atoms with Gasteiger partial charge in [-0.25, -0.2) is 4.98 Å². The van der Waals surface area contributed by atoms with Gasteiger partial charge in [-0.3, -0.25) is 14.2 Å². The third kappa shape index (κ3) is 4.19. The lowest BCUT2D eigenvalue weighted by Gasteiger charge is -2.05. The number of aryl methyl sites for hydroxylation is 2. The minimum Gasteiger partial charge on any atom is -0.394 e. The minimum atomic E-state index is -0.234. The first-order chi connectivity index (χ1) is 11.6. The normalized spacial score (nSPS) is 11.1. The number of fused-ring (bicyclic) bond motifs is 1. The number of unbranched alkanes of at least 4 members (excludes halogenated alkanes) is 1. The van der Waals surface area contributed by atoms with Crippen molar-refractivity contribution in [2.75, 3.05) is 26.4 Å². The Bertz CT molecular complexity index is 754. The summed E-state index contributed by atoms with van der Waals surface area (Å²) in [5.41, 5.74) is 0.583. The lowest BCUT2D eigenvalue weighted by Crippen LogP contribution is -2.27. The van der Waals surface area contributed by atoms with Gasteiger partial charge in [0.1, 0.15) is 4.83 Å². The van der Waals surface area contributed by atoms with Crippen LogP contribution in [0.25, 0.3) is 10.2 Å². The standard InChI is InChI=1S/C16H23N3O4S/c1-3-4-6-19-10-18-15-12(16(19)22)11(2)13(24-15)14(21)17-5-8-23-9-7-20/h10,20H,3-9H2,1-2H3,(H,17,21). The van der Waals surface area contributed by atoms with Crippen LogP contribution >= 0.6 is 11.3 Å². The summed E-state index contributed by atoms with van der Waals surface area (Å²) in [4.78, 5) is 30.3. The van der Waals surface area contributed by atoms with E-state index in [1.807, 2.05) is 0 Å². The van der Waals surface area contributed by atoms with Crippen LogP contribution in [0.3, 0.4) is 0 Å². The Morgan fingerprint density at radius 2 is 2.25 bits per heavy atom. The molecule has 7 nitrogen and oxygen atoms in total. The molecular formula is C16H23N3O4S. The number of carbonyl (C=O) groups is 1. The fourth-order valence-electron chi connectivity index (χ4n) is 2.35. The highest BCUT2D eigenvalue weighted by molar-refractivity contribution is 7.20. The summed E-state index contributed by atoms with van der Waals surface area (Å²) in [6.07, 6.45) is 3.47. The van der Waals surface area contributed by atoms with Crippen molar-refractivity contribution in [3.8, 4) is 0 Å². The third-order valence-electron chi connectivity index (χ3n) is 3.64. The van der Waals surface area contributed by atoms with Crippen LogP contribution in [-0.2, 0) is 11.3 Å². The fraction of sp³-hybridized carbons (Fsp3) is 0.562. The number of amides is 1. The molecule has 0 saturated heterocycles. The SMILES string of the molecule is CCCCn1cnc2sc(C(=O)NCCOCCO)c(C)c2c1=O. The monoisotopic (exact) mass is 353 g/mol. The zero-order chi connectivity index (χ0) is 17.5. The highest BCUT2D eigenvalue weighted by Gasteiger charge is 2.19. The van der Waals surface area contributed by atoms with Gasteiger partial charge in [0.25, 0.3) is 11.5 Å². The molecule has 0 radical (unpaired) electrons. The van der Waals surface area contributed by atoms with Gasteiger partial charge in [-0.05, 0) is 18.9 Å². The van der Waals surface area contributed by atoms with Crippen molar-refractivity contribution < 1.29 is 14.6 Å². The van der Waals surface area contributed by atoms with Gasteiger partial charge in [-0.15, -0.1) is 11.3 Å². The summed E-state index contributed by atoms with van der Waals surface area (Å²) >= 11 is 1.23. The Labute approximate surface area is 144 Å². The van der Waals surface area contributed by atoms with E-state index in [1.54, 1.807) is 17.8 Å². The lowest BCUT2D eigenvalue weighted by atomic mass is 10.2. The number of aliphatic hydroxyl groups excluding tert-OH is 1. The number of aromatic nitrogens is 2. The molecule has 0 aliphatic rings. The third-order valence-corrected chi connectivity index (χ3v) is 4.84. The van der Waals surface area contributed by atoms with E-state index in [4.69, 9.17) is 9.84 Å². The number of rotatable bonds is 9. The van der Waals surface area contributed by atoms with Crippen LogP contribution in [0, 0.1) is 6.92 Å². The predicted molar refractivity (Wildman–Crippen MR) is 93.8 cm³/mol. The largest absolute Gasteiger partial charge is 0.394 e. The van der Waals surface area contributed by atoms with E-state index in [0.29, 0.717) is 40.4 Å². The van der Waals surface area contributed by atoms with E-state index in [1.165, 1.54) is 11.3 Å². The molecule has 2 aromatic heterocycles. The van der Waals surface area contributed by atoms with Crippen LogP contribution in [0.4, 0.5) is 0 Å². The van der Waals surface area contributed by atoms with E-state index >= 15 is 0 Å². The number of hydrogen-bond acceptors (Lipinski definition) is 6. The molecule has 0 bridgehead atoms. The van der Waals surface area contributed by atoms with Gasteiger partial charge in [0.05, 0.1) is 36.4 Å². The smallest absolute Gasteiger partial charge is 0.262 e.